The molecule has 1 aliphatic rings. The van der Waals surface area contributed by atoms with Crippen LogP contribution in [0.5, 0.6) is 0 Å². The molecule has 0 spiro atoms. The summed E-state index contributed by atoms with van der Waals surface area (Å²) in [7, 11) is 2.03. The zero-order chi connectivity index (χ0) is 6.69. The van der Waals surface area contributed by atoms with E-state index in [0.717, 1.165) is 19.6 Å². The van der Waals surface area contributed by atoms with Crippen molar-refractivity contribution in [2.45, 2.75) is 6.42 Å². The van der Waals surface area contributed by atoms with Gasteiger partial charge in [-0.3, -0.25) is 4.79 Å². The number of halogens is 1. The van der Waals surface area contributed by atoms with E-state index in [1.165, 1.54) is 0 Å². The van der Waals surface area contributed by atoms with Crippen molar-refractivity contribution in [3.63, 3.8) is 0 Å². The van der Waals surface area contributed by atoms with Gasteiger partial charge < -0.3 is 10.2 Å². The monoisotopic (exact) mass is 164 g/mol. The molecule has 1 heterocycles. The second kappa shape index (κ2) is 4.52. The first-order valence-electron chi connectivity index (χ1n) is 3.24. The van der Waals surface area contributed by atoms with E-state index in [1.54, 1.807) is 0 Å². The molecule has 1 rings (SSSR count). The highest BCUT2D eigenvalue weighted by atomic mass is 35.5. The molecule has 0 aliphatic carbocycles. The molecule has 1 aliphatic heterocycles. The van der Waals surface area contributed by atoms with Crippen LogP contribution < -0.4 is 5.32 Å². The Balaban J connectivity index is 0.000000810. The second-order valence-electron chi connectivity index (χ2n) is 2.40. The first kappa shape index (κ1) is 9.72. The Hall–Kier alpha value is -0.280. The number of hydrogen-bond donors (Lipinski definition) is 1. The van der Waals surface area contributed by atoms with Crippen molar-refractivity contribution in [2.75, 3.05) is 26.7 Å². The summed E-state index contributed by atoms with van der Waals surface area (Å²) in [4.78, 5) is 12.8. The number of rotatable bonds is 0. The molecule has 0 radical (unpaired) electrons. The second-order valence-corrected chi connectivity index (χ2v) is 2.40. The van der Waals surface area contributed by atoms with Gasteiger partial charge in [0.25, 0.3) is 0 Å². The average molecular weight is 165 g/mol. The maximum atomic E-state index is 10.7. The molecule has 1 N–H and O–H groups in total. The molecule has 0 unspecified atom stereocenters. The summed E-state index contributed by atoms with van der Waals surface area (Å²) in [5.41, 5.74) is 0. The fourth-order valence-corrected chi connectivity index (χ4v) is 0.879. The Morgan fingerprint density at radius 2 is 2.20 bits per heavy atom. The number of carbonyl (C=O) groups is 1. The molecule has 0 aromatic heterocycles. The van der Waals surface area contributed by atoms with Gasteiger partial charge in [0.1, 0.15) is 0 Å². The highest BCUT2D eigenvalue weighted by Crippen LogP contribution is 1.90. The van der Waals surface area contributed by atoms with Crippen molar-refractivity contribution < 1.29 is 4.79 Å². The summed E-state index contributed by atoms with van der Waals surface area (Å²) in [6.07, 6.45) is 0.649. The van der Waals surface area contributed by atoms with Crippen molar-refractivity contribution in [3.05, 3.63) is 0 Å². The molecule has 10 heavy (non-hydrogen) atoms. The third kappa shape index (κ3) is 3.03. The van der Waals surface area contributed by atoms with Crippen LogP contribution in [0.4, 0.5) is 0 Å². The van der Waals surface area contributed by atoms with E-state index in [0.29, 0.717) is 6.42 Å². The third-order valence-electron chi connectivity index (χ3n) is 1.54. The highest BCUT2D eigenvalue weighted by molar-refractivity contribution is 5.85. The lowest BCUT2D eigenvalue weighted by atomic mass is 10.4. The fourth-order valence-electron chi connectivity index (χ4n) is 0.879. The van der Waals surface area contributed by atoms with Gasteiger partial charge in [-0.05, 0) is 7.05 Å². The van der Waals surface area contributed by atoms with E-state index in [4.69, 9.17) is 0 Å². The number of nitrogens with one attached hydrogen (secondary N) is 1. The maximum absolute atomic E-state index is 10.7. The smallest absolute Gasteiger partial charge is 0.221 e. The zero-order valence-electron chi connectivity index (χ0n) is 6.09. The predicted molar refractivity (Wildman–Crippen MR) is 42.4 cm³/mol. The Morgan fingerprint density at radius 3 is 2.90 bits per heavy atom. The van der Waals surface area contributed by atoms with Crippen LogP contribution in [-0.4, -0.2) is 37.5 Å². The van der Waals surface area contributed by atoms with Crippen molar-refractivity contribution in [1.29, 1.82) is 0 Å². The molecule has 3 nitrogen and oxygen atoms in total. The van der Waals surface area contributed by atoms with Crippen LogP contribution in [0, 0.1) is 0 Å². The van der Waals surface area contributed by atoms with Gasteiger partial charge in [0, 0.05) is 26.1 Å². The topological polar surface area (TPSA) is 32.3 Å². The molecular formula is C6H13ClN2O. The summed E-state index contributed by atoms with van der Waals surface area (Å²) in [6, 6.07) is 0. The standard InChI is InChI=1S/C6H12N2O.ClH/c1-8-4-2-6(9)7-3-5-8;/h2-5H2,1H3,(H,7,9);1H. The Bertz CT molecular complexity index is 118. The third-order valence-corrected chi connectivity index (χ3v) is 1.54. The lowest BCUT2D eigenvalue weighted by Crippen LogP contribution is -2.25. The van der Waals surface area contributed by atoms with Crippen LogP contribution in [0.2, 0.25) is 0 Å². The molecule has 1 fully saturated rings. The van der Waals surface area contributed by atoms with Gasteiger partial charge in [0.2, 0.25) is 5.91 Å². The normalized spacial score (nSPS) is 20.7. The summed E-state index contributed by atoms with van der Waals surface area (Å²) in [6.45, 7) is 2.67. The number of amides is 1. The largest absolute Gasteiger partial charge is 0.355 e. The summed E-state index contributed by atoms with van der Waals surface area (Å²) in [5.74, 6) is 0.180. The summed E-state index contributed by atoms with van der Waals surface area (Å²) < 4.78 is 0. The van der Waals surface area contributed by atoms with Crippen LogP contribution in [-0.2, 0) is 4.79 Å². The Morgan fingerprint density at radius 1 is 1.50 bits per heavy atom. The molecule has 1 amide bonds. The average Bonchev–Trinajstić information content (AvgIpc) is 1.97. The zero-order valence-corrected chi connectivity index (χ0v) is 6.91. The van der Waals surface area contributed by atoms with Crippen molar-refractivity contribution in [3.8, 4) is 0 Å². The predicted octanol–water partition coefficient (Wildman–Crippen LogP) is -0.140. The fraction of sp³-hybridized carbons (Fsp3) is 0.833. The van der Waals surface area contributed by atoms with E-state index in [2.05, 4.69) is 10.2 Å². The molecule has 0 aromatic rings. The molecule has 60 valence electrons. The summed E-state index contributed by atoms with van der Waals surface area (Å²) in [5, 5.41) is 2.79. The highest BCUT2D eigenvalue weighted by Gasteiger charge is 2.07. The van der Waals surface area contributed by atoms with Crippen molar-refractivity contribution in [1.82, 2.24) is 10.2 Å². The SMILES string of the molecule is CN1CCNC(=O)CC1.Cl. The van der Waals surface area contributed by atoms with Crippen LogP contribution in [0.15, 0.2) is 0 Å². The van der Waals surface area contributed by atoms with Gasteiger partial charge >= 0.3 is 0 Å². The van der Waals surface area contributed by atoms with Gasteiger partial charge in [-0.25, -0.2) is 0 Å². The van der Waals surface area contributed by atoms with Crippen LogP contribution in [0.1, 0.15) is 6.42 Å². The molecule has 0 aromatic carbocycles. The number of hydrogen-bond acceptors (Lipinski definition) is 2. The molecular weight excluding hydrogens is 152 g/mol. The van der Waals surface area contributed by atoms with Gasteiger partial charge in [-0.2, -0.15) is 0 Å². The van der Waals surface area contributed by atoms with E-state index < -0.39 is 0 Å². The van der Waals surface area contributed by atoms with Crippen LogP contribution in [0.25, 0.3) is 0 Å². The first-order chi connectivity index (χ1) is 4.29. The van der Waals surface area contributed by atoms with Gasteiger partial charge in [0.05, 0.1) is 0 Å². The molecule has 4 heteroatoms. The Kier molecular flexibility index (Phi) is 4.40. The van der Waals surface area contributed by atoms with E-state index >= 15 is 0 Å². The van der Waals surface area contributed by atoms with Crippen molar-refractivity contribution in [2.24, 2.45) is 0 Å². The number of nitrogens with zero attached hydrogens (tertiary/aromatic N) is 1. The maximum Gasteiger partial charge on any atom is 0.221 e. The number of carbonyl (C=O) groups excluding carboxylic acids is 1. The first-order valence-corrected chi connectivity index (χ1v) is 3.24. The van der Waals surface area contributed by atoms with E-state index in [-0.39, 0.29) is 18.3 Å². The van der Waals surface area contributed by atoms with Crippen LogP contribution in [0.3, 0.4) is 0 Å². The molecule has 0 saturated carbocycles. The van der Waals surface area contributed by atoms with Crippen LogP contribution >= 0.6 is 12.4 Å². The minimum atomic E-state index is 0. The molecule has 0 bridgehead atoms. The lowest BCUT2D eigenvalue weighted by molar-refractivity contribution is -0.120. The quantitative estimate of drug-likeness (QED) is 0.541. The van der Waals surface area contributed by atoms with E-state index in [9.17, 15) is 4.79 Å². The molecule has 0 atom stereocenters. The lowest BCUT2D eigenvalue weighted by Gasteiger charge is -2.09. The van der Waals surface area contributed by atoms with Gasteiger partial charge in [0.15, 0.2) is 0 Å². The Labute approximate surface area is 67.2 Å². The summed E-state index contributed by atoms with van der Waals surface area (Å²) >= 11 is 0. The minimum Gasteiger partial charge on any atom is -0.355 e. The van der Waals surface area contributed by atoms with Gasteiger partial charge in [-0.1, -0.05) is 0 Å². The van der Waals surface area contributed by atoms with E-state index in [1.807, 2.05) is 7.05 Å². The van der Waals surface area contributed by atoms with Crippen molar-refractivity contribution >= 4 is 18.3 Å². The minimum absolute atomic E-state index is 0. The van der Waals surface area contributed by atoms with Gasteiger partial charge in [-0.15, -0.1) is 12.4 Å². The number of likely N-dealkylation sites (N-methyl/N-ethyl adjacent to an activating group) is 1. The molecule has 1 saturated heterocycles.